The van der Waals surface area contributed by atoms with Crippen LogP contribution in [0.2, 0.25) is 0 Å². The number of rotatable bonds is 4. The number of ether oxygens (including phenoxy) is 1. The maximum atomic E-state index is 9.79. The van der Waals surface area contributed by atoms with Gasteiger partial charge in [-0.3, -0.25) is 0 Å². The molecular formula is C12H20O2. The van der Waals surface area contributed by atoms with Crippen LogP contribution in [-0.4, -0.2) is 24.4 Å². The van der Waals surface area contributed by atoms with E-state index in [4.69, 9.17) is 11.2 Å². The van der Waals surface area contributed by atoms with Crippen molar-refractivity contribution in [1.82, 2.24) is 0 Å². The lowest BCUT2D eigenvalue weighted by molar-refractivity contribution is -0.0517. The highest BCUT2D eigenvalue weighted by atomic mass is 16.5. The molecule has 1 saturated carbocycles. The average Bonchev–Trinajstić information content (AvgIpc) is 2.21. The van der Waals surface area contributed by atoms with Crippen molar-refractivity contribution < 1.29 is 9.84 Å². The van der Waals surface area contributed by atoms with E-state index in [9.17, 15) is 5.11 Å². The molecule has 0 bridgehead atoms. The summed E-state index contributed by atoms with van der Waals surface area (Å²) in [6.07, 6.45) is 11.2. The summed E-state index contributed by atoms with van der Waals surface area (Å²) in [6.45, 7) is 0. The van der Waals surface area contributed by atoms with Crippen molar-refractivity contribution in [2.24, 2.45) is 5.92 Å². The molecule has 0 amide bonds. The molecule has 1 fully saturated rings. The van der Waals surface area contributed by atoms with Gasteiger partial charge in [-0.25, -0.2) is 0 Å². The highest BCUT2D eigenvalue weighted by Gasteiger charge is 2.28. The van der Waals surface area contributed by atoms with Gasteiger partial charge >= 0.3 is 0 Å². The quantitative estimate of drug-likeness (QED) is 0.696. The molecule has 0 radical (unpaired) electrons. The molecule has 1 N–H and O–H groups in total. The van der Waals surface area contributed by atoms with Gasteiger partial charge in [0.25, 0.3) is 0 Å². The number of terminal acetylenes is 1. The van der Waals surface area contributed by atoms with Gasteiger partial charge in [-0.2, -0.15) is 0 Å². The molecule has 0 aliphatic heterocycles. The van der Waals surface area contributed by atoms with Gasteiger partial charge < -0.3 is 9.84 Å². The molecule has 2 unspecified atom stereocenters. The molecule has 0 heterocycles. The Morgan fingerprint density at radius 3 is 2.57 bits per heavy atom. The van der Waals surface area contributed by atoms with Crippen LogP contribution >= 0.6 is 0 Å². The van der Waals surface area contributed by atoms with Gasteiger partial charge in [-0.15, -0.1) is 12.3 Å². The van der Waals surface area contributed by atoms with Crippen LogP contribution in [0.1, 0.15) is 38.5 Å². The van der Waals surface area contributed by atoms with Crippen molar-refractivity contribution in [3.05, 3.63) is 0 Å². The highest BCUT2D eigenvalue weighted by Crippen LogP contribution is 2.29. The maximum absolute atomic E-state index is 9.79. The van der Waals surface area contributed by atoms with Gasteiger partial charge in [0.05, 0.1) is 12.2 Å². The zero-order valence-electron chi connectivity index (χ0n) is 8.91. The zero-order valence-corrected chi connectivity index (χ0v) is 8.91. The maximum Gasteiger partial charge on any atom is 0.0913 e. The van der Waals surface area contributed by atoms with Crippen LogP contribution in [0.15, 0.2) is 0 Å². The van der Waals surface area contributed by atoms with Gasteiger partial charge in [0.1, 0.15) is 0 Å². The second-order valence-corrected chi connectivity index (χ2v) is 4.07. The van der Waals surface area contributed by atoms with E-state index in [1.807, 2.05) is 0 Å². The first-order valence-electron chi connectivity index (χ1n) is 5.44. The number of hydrogen-bond acceptors (Lipinski definition) is 2. The summed E-state index contributed by atoms with van der Waals surface area (Å²) in [6, 6.07) is 0. The van der Waals surface area contributed by atoms with Crippen LogP contribution in [0, 0.1) is 18.3 Å². The molecule has 1 rings (SSSR count). The van der Waals surface area contributed by atoms with E-state index in [1.165, 1.54) is 32.1 Å². The summed E-state index contributed by atoms with van der Waals surface area (Å²) in [5.74, 6) is 2.99. The molecule has 2 atom stereocenters. The molecule has 14 heavy (non-hydrogen) atoms. The Hall–Kier alpha value is -0.520. The highest BCUT2D eigenvalue weighted by molar-refractivity contribution is 4.91. The lowest BCUT2D eigenvalue weighted by Crippen LogP contribution is -2.36. The average molecular weight is 196 g/mol. The molecule has 0 aromatic carbocycles. The zero-order chi connectivity index (χ0) is 10.4. The first-order chi connectivity index (χ1) is 6.79. The summed E-state index contributed by atoms with van der Waals surface area (Å²) >= 11 is 0. The van der Waals surface area contributed by atoms with E-state index in [0.29, 0.717) is 12.3 Å². The Bertz CT molecular complexity index is 189. The first-order valence-corrected chi connectivity index (χ1v) is 5.44. The van der Waals surface area contributed by atoms with Crippen molar-refractivity contribution in [2.45, 2.75) is 50.7 Å². The van der Waals surface area contributed by atoms with Crippen LogP contribution in [0.25, 0.3) is 0 Å². The van der Waals surface area contributed by atoms with Gasteiger partial charge in [0.2, 0.25) is 0 Å². The Morgan fingerprint density at radius 1 is 1.43 bits per heavy atom. The Morgan fingerprint density at radius 2 is 2.07 bits per heavy atom. The molecule has 80 valence electrons. The lowest BCUT2D eigenvalue weighted by atomic mass is 9.83. The minimum Gasteiger partial charge on any atom is -0.389 e. The van der Waals surface area contributed by atoms with Gasteiger partial charge in [-0.05, 0) is 18.8 Å². The van der Waals surface area contributed by atoms with Crippen LogP contribution in [0.3, 0.4) is 0 Å². The van der Waals surface area contributed by atoms with Crippen LogP contribution in [-0.2, 0) is 4.74 Å². The first kappa shape index (κ1) is 11.6. The summed E-state index contributed by atoms with van der Waals surface area (Å²) in [5.41, 5.74) is 0. The third kappa shape index (κ3) is 3.01. The number of methoxy groups -OCH3 is 1. The fraction of sp³-hybridized carbons (Fsp3) is 0.833. The second-order valence-electron chi connectivity index (χ2n) is 4.07. The predicted octanol–water partition coefficient (Wildman–Crippen LogP) is 1.97. The van der Waals surface area contributed by atoms with Crippen LogP contribution in [0.5, 0.6) is 0 Å². The standard InChI is InChI=1S/C12H20O2/c1-3-7-11(13)12(14-2)10-8-5-4-6-9-10/h1,10-13H,4-9H2,2H3. The van der Waals surface area contributed by atoms with Crippen molar-refractivity contribution in [3.8, 4) is 12.3 Å². The molecule has 2 heteroatoms. The Kier molecular flexibility index (Phi) is 5.00. The second kappa shape index (κ2) is 6.06. The topological polar surface area (TPSA) is 29.5 Å². The summed E-state index contributed by atoms with van der Waals surface area (Å²) in [5, 5.41) is 9.79. The largest absolute Gasteiger partial charge is 0.389 e. The van der Waals surface area contributed by atoms with E-state index in [1.54, 1.807) is 7.11 Å². The number of aliphatic hydroxyl groups excluding tert-OH is 1. The molecule has 2 nitrogen and oxygen atoms in total. The van der Waals surface area contributed by atoms with E-state index in [-0.39, 0.29) is 6.10 Å². The molecule has 0 saturated heterocycles. The SMILES string of the molecule is C#CCC(O)C(OC)C1CCCCC1. The summed E-state index contributed by atoms with van der Waals surface area (Å²) in [7, 11) is 1.67. The van der Waals surface area contributed by atoms with Gasteiger partial charge in [-0.1, -0.05) is 19.3 Å². The van der Waals surface area contributed by atoms with Crippen molar-refractivity contribution in [1.29, 1.82) is 0 Å². The molecule has 1 aliphatic carbocycles. The number of hydrogen-bond donors (Lipinski definition) is 1. The smallest absolute Gasteiger partial charge is 0.0913 e. The third-order valence-corrected chi connectivity index (χ3v) is 3.09. The van der Waals surface area contributed by atoms with Crippen molar-refractivity contribution in [2.75, 3.05) is 7.11 Å². The van der Waals surface area contributed by atoms with Crippen LogP contribution in [0.4, 0.5) is 0 Å². The van der Waals surface area contributed by atoms with E-state index in [0.717, 1.165) is 0 Å². The molecular weight excluding hydrogens is 176 g/mol. The van der Waals surface area contributed by atoms with E-state index < -0.39 is 6.10 Å². The van der Waals surface area contributed by atoms with Gasteiger partial charge in [0.15, 0.2) is 0 Å². The Balaban J connectivity index is 2.47. The van der Waals surface area contributed by atoms with Crippen molar-refractivity contribution in [3.63, 3.8) is 0 Å². The third-order valence-electron chi connectivity index (χ3n) is 3.09. The minimum atomic E-state index is -0.493. The lowest BCUT2D eigenvalue weighted by Gasteiger charge is -2.31. The summed E-state index contributed by atoms with van der Waals surface area (Å²) in [4.78, 5) is 0. The Labute approximate surface area is 86.7 Å². The summed E-state index contributed by atoms with van der Waals surface area (Å²) < 4.78 is 5.36. The van der Waals surface area contributed by atoms with E-state index in [2.05, 4.69) is 5.92 Å². The molecule has 0 aromatic rings. The fourth-order valence-electron chi connectivity index (χ4n) is 2.36. The monoisotopic (exact) mass is 196 g/mol. The molecule has 1 aliphatic rings. The van der Waals surface area contributed by atoms with Crippen molar-refractivity contribution >= 4 is 0 Å². The predicted molar refractivity (Wildman–Crippen MR) is 56.8 cm³/mol. The van der Waals surface area contributed by atoms with Crippen LogP contribution < -0.4 is 0 Å². The number of aliphatic hydroxyl groups is 1. The van der Waals surface area contributed by atoms with E-state index >= 15 is 0 Å². The fourth-order valence-corrected chi connectivity index (χ4v) is 2.36. The normalized spacial score (nSPS) is 22.6. The molecule has 0 spiro atoms. The minimum absolute atomic E-state index is 0.0636. The van der Waals surface area contributed by atoms with Gasteiger partial charge in [0, 0.05) is 13.5 Å². The molecule has 0 aromatic heterocycles.